The van der Waals surface area contributed by atoms with E-state index in [2.05, 4.69) is 9.44 Å². The molecule has 0 bridgehead atoms. The minimum atomic E-state index is -4.47. The zero-order valence-electron chi connectivity index (χ0n) is 19.2. The summed E-state index contributed by atoms with van der Waals surface area (Å²) in [5.74, 6) is -10.3. The number of hydrogen-bond acceptors (Lipinski definition) is 4. The molecule has 0 saturated carbocycles. The highest BCUT2D eigenvalue weighted by molar-refractivity contribution is 7.93. The first-order chi connectivity index (χ1) is 18.2. The van der Waals surface area contributed by atoms with Crippen LogP contribution >= 0.6 is 0 Å². The molecule has 1 aliphatic rings. The predicted molar refractivity (Wildman–Crippen MR) is 129 cm³/mol. The summed E-state index contributed by atoms with van der Waals surface area (Å²) in [5, 5.41) is 0. The molecule has 202 valence electrons. The Morgan fingerprint density at radius 3 is 1.18 bits per heavy atom. The molecule has 5 rings (SSSR count). The molecule has 6 nitrogen and oxygen atoms in total. The van der Waals surface area contributed by atoms with Gasteiger partial charge in [-0.1, -0.05) is 12.1 Å². The van der Waals surface area contributed by atoms with Gasteiger partial charge in [0, 0.05) is 11.4 Å². The van der Waals surface area contributed by atoms with Crippen molar-refractivity contribution in [1.29, 1.82) is 0 Å². The highest BCUT2D eigenvalue weighted by Gasteiger charge is 2.25. The largest absolute Gasteiger partial charge is 0.280 e. The van der Waals surface area contributed by atoms with Crippen molar-refractivity contribution in [2.75, 3.05) is 9.44 Å². The molecule has 4 aromatic rings. The number of nitrogens with one attached hydrogen (secondary N) is 2. The van der Waals surface area contributed by atoms with Crippen molar-refractivity contribution in [2.45, 2.75) is 16.2 Å². The van der Waals surface area contributed by atoms with E-state index in [-0.39, 0.29) is 17.8 Å². The van der Waals surface area contributed by atoms with Crippen LogP contribution in [-0.4, -0.2) is 16.8 Å². The molecule has 0 amide bonds. The van der Waals surface area contributed by atoms with Gasteiger partial charge in [0.25, 0.3) is 20.0 Å². The highest BCUT2D eigenvalue weighted by atomic mass is 32.2. The van der Waals surface area contributed by atoms with Gasteiger partial charge < -0.3 is 0 Å². The number of hydrogen-bond donors (Lipinski definition) is 2. The lowest BCUT2D eigenvalue weighted by Gasteiger charge is -2.11. The van der Waals surface area contributed by atoms with Crippen molar-refractivity contribution in [3.63, 3.8) is 0 Å². The lowest BCUT2D eigenvalue weighted by molar-refractivity contribution is 0.442. The lowest BCUT2D eigenvalue weighted by Crippen LogP contribution is -2.14. The fraction of sp³-hybridized carbons (Fsp3) is 0.0400. The van der Waals surface area contributed by atoms with Crippen molar-refractivity contribution in [3.05, 3.63) is 107 Å². The number of anilines is 2. The molecule has 0 radical (unpaired) electrons. The molecule has 14 heteroatoms. The number of halogens is 6. The molecule has 0 aromatic heterocycles. The number of fused-ring (bicyclic) bond motifs is 3. The second-order valence-electron chi connectivity index (χ2n) is 8.53. The molecule has 0 aliphatic heterocycles. The fourth-order valence-corrected chi connectivity index (χ4v) is 6.29. The zero-order valence-corrected chi connectivity index (χ0v) is 20.8. The lowest BCUT2D eigenvalue weighted by atomic mass is 10.1. The van der Waals surface area contributed by atoms with E-state index in [1.165, 1.54) is 24.3 Å². The van der Waals surface area contributed by atoms with E-state index in [1.807, 2.05) is 0 Å². The first-order valence-corrected chi connectivity index (χ1v) is 13.8. The van der Waals surface area contributed by atoms with Crippen LogP contribution in [0.2, 0.25) is 0 Å². The van der Waals surface area contributed by atoms with E-state index in [0.717, 1.165) is 0 Å². The maximum atomic E-state index is 13.5. The third kappa shape index (κ3) is 4.92. The van der Waals surface area contributed by atoms with Crippen LogP contribution in [0.5, 0.6) is 0 Å². The van der Waals surface area contributed by atoms with Crippen molar-refractivity contribution < 1.29 is 43.2 Å². The smallest absolute Gasteiger partial charge is 0.262 e. The first kappa shape index (κ1) is 26.6. The molecular weight excluding hydrogens is 570 g/mol. The Hall–Kier alpha value is -4.04. The maximum absolute atomic E-state index is 13.5. The van der Waals surface area contributed by atoms with Crippen molar-refractivity contribution in [3.8, 4) is 11.1 Å². The average Bonchev–Trinajstić information content (AvgIpc) is 3.21. The third-order valence-corrected chi connectivity index (χ3v) is 8.64. The Labute approximate surface area is 218 Å². The van der Waals surface area contributed by atoms with Crippen LogP contribution in [0.25, 0.3) is 11.1 Å². The van der Waals surface area contributed by atoms with Crippen LogP contribution in [0.3, 0.4) is 0 Å². The van der Waals surface area contributed by atoms with E-state index in [4.69, 9.17) is 0 Å². The van der Waals surface area contributed by atoms with Crippen molar-refractivity contribution in [2.24, 2.45) is 0 Å². The van der Waals surface area contributed by atoms with E-state index >= 15 is 0 Å². The first-order valence-electron chi connectivity index (χ1n) is 10.9. The van der Waals surface area contributed by atoms with Gasteiger partial charge in [0.15, 0.2) is 34.9 Å². The summed E-state index contributed by atoms with van der Waals surface area (Å²) >= 11 is 0. The quantitative estimate of drug-likeness (QED) is 0.198. The topological polar surface area (TPSA) is 92.3 Å². The second kappa shape index (κ2) is 9.31. The second-order valence-corrected chi connectivity index (χ2v) is 11.9. The van der Waals surface area contributed by atoms with E-state index in [1.54, 1.807) is 12.1 Å². The van der Waals surface area contributed by atoms with Gasteiger partial charge in [-0.3, -0.25) is 9.44 Å². The van der Waals surface area contributed by atoms with Crippen LogP contribution in [0.4, 0.5) is 37.7 Å². The van der Waals surface area contributed by atoms with Crippen LogP contribution in [0, 0.1) is 34.9 Å². The molecule has 0 atom stereocenters. The fourth-order valence-electron chi connectivity index (χ4n) is 4.14. The van der Waals surface area contributed by atoms with Gasteiger partial charge in [-0.25, -0.2) is 43.2 Å². The molecule has 2 N–H and O–H groups in total. The predicted octanol–water partition coefficient (Wildman–Crippen LogP) is 5.69. The van der Waals surface area contributed by atoms with E-state index < -0.39 is 64.7 Å². The number of rotatable bonds is 6. The maximum Gasteiger partial charge on any atom is 0.262 e. The SMILES string of the molecule is O=S(=O)(Nc1ccc2c(c1)Cc1cc(NS(=O)(=O)c3cc(F)c(F)c(F)c3)ccc1-2)c1cc(F)c(F)c(F)c1. The monoisotopic (exact) mass is 584 g/mol. The van der Waals surface area contributed by atoms with E-state index in [9.17, 15) is 43.2 Å². The molecule has 0 fully saturated rings. The molecule has 0 saturated heterocycles. The third-order valence-electron chi connectivity index (χ3n) is 5.92. The van der Waals surface area contributed by atoms with Crippen LogP contribution < -0.4 is 9.44 Å². The molecule has 0 spiro atoms. The van der Waals surface area contributed by atoms with Gasteiger partial charge in [-0.05, 0) is 77.2 Å². The van der Waals surface area contributed by atoms with Crippen molar-refractivity contribution in [1.82, 2.24) is 0 Å². The van der Waals surface area contributed by atoms with E-state index in [0.29, 0.717) is 46.5 Å². The summed E-state index contributed by atoms with van der Waals surface area (Å²) in [5.41, 5.74) is 2.75. The van der Waals surface area contributed by atoms with Gasteiger partial charge in [0.05, 0.1) is 9.79 Å². The van der Waals surface area contributed by atoms with Gasteiger partial charge in [-0.15, -0.1) is 0 Å². The molecule has 39 heavy (non-hydrogen) atoms. The zero-order chi connectivity index (χ0) is 28.3. The Morgan fingerprint density at radius 2 is 0.846 bits per heavy atom. The minimum Gasteiger partial charge on any atom is -0.280 e. The van der Waals surface area contributed by atoms with Gasteiger partial charge in [0.2, 0.25) is 0 Å². The van der Waals surface area contributed by atoms with Gasteiger partial charge >= 0.3 is 0 Å². The summed E-state index contributed by atoms with van der Waals surface area (Å²) in [6.07, 6.45) is 0.232. The summed E-state index contributed by atoms with van der Waals surface area (Å²) < 4.78 is 135. The van der Waals surface area contributed by atoms with Crippen LogP contribution in [0.1, 0.15) is 11.1 Å². The van der Waals surface area contributed by atoms with Crippen LogP contribution in [0.15, 0.2) is 70.5 Å². The molecular formula is C25H14F6N2O4S2. The summed E-state index contributed by atoms with van der Waals surface area (Å²) in [7, 11) is -8.94. The average molecular weight is 585 g/mol. The Kier molecular flexibility index (Phi) is 6.34. The normalized spacial score (nSPS) is 12.7. The number of sulfonamides is 2. The van der Waals surface area contributed by atoms with Gasteiger partial charge in [0.1, 0.15) is 0 Å². The summed E-state index contributed by atoms with van der Waals surface area (Å²) in [6.45, 7) is 0. The molecule has 4 aromatic carbocycles. The Bertz CT molecular complexity index is 1710. The minimum absolute atomic E-state index is 0.0491. The van der Waals surface area contributed by atoms with Crippen molar-refractivity contribution >= 4 is 31.4 Å². The molecule has 0 heterocycles. The summed E-state index contributed by atoms with van der Waals surface area (Å²) in [4.78, 5) is -1.64. The molecule has 0 unspecified atom stereocenters. The van der Waals surface area contributed by atoms with Crippen LogP contribution in [-0.2, 0) is 26.5 Å². The number of benzene rings is 4. The standard InChI is InChI=1S/C25H14F6N2O4S2/c26-20-8-16(9-21(27)24(20)30)38(34,35)32-14-1-3-18-12(6-14)5-13-7-15(2-4-19(13)18)33-39(36,37)17-10-22(28)25(31)23(29)11-17/h1-4,6-11,32-33H,5H2. The highest BCUT2D eigenvalue weighted by Crippen LogP contribution is 2.39. The molecule has 1 aliphatic carbocycles. The van der Waals surface area contributed by atoms with Gasteiger partial charge in [-0.2, -0.15) is 0 Å². The Balaban J connectivity index is 1.38. The Morgan fingerprint density at radius 1 is 0.513 bits per heavy atom. The summed E-state index contributed by atoms with van der Waals surface area (Å²) in [6, 6.07) is 10.3.